The van der Waals surface area contributed by atoms with Crippen molar-refractivity contribution in [2.75, 3.05) is 13.1 Å². The highest BCUT2D eigenvalue weighted by Crippen LogP contribution is 2.26. The highest BCUT2D eigenvalue weighted by atomic mass is 79.9. The molecule has 0 heterocycles. The van der Waals surface area contributed by atoms with Gasteiger partial charge in [0.15, 0.2) is 0 Å². The maximum Gasteiger partial charge on any atom is 0.317 e. The molecule has 0 atom stereocenters. The lowest BCUT2D eigenvalue weighted by molar-refractivity contribution is -0.139. The molecule has 0 amide bonds. The number of nitrogens with one attached hydrogen (secondary N) is 1. The zero-order valence-corrected chi connectivity index (χ0v) is 14.2. The molecule has 1 fully saturated rings. The Labute approximate surface area is 134 Å². The van der Waals surface area contributed by atoms with Crippen LogP contribution in [0, 0.1) is 6.92 Å². The Kier molecular flexibility index (Phi) is 5.79. The van der Waals surface area contributed by atoms with Gasteiger partial charge in [-0.25, -0.2) is 0 Å². The van der Waals surface area contributed by atoms with Crippen molar-refractivity contribution >= 4 is 21.9 Å². The first-order valence-corrected chi connectivity index (χ1v) is 8.23. The van der Waals surface area contributed by atoms with Crippen molar-refractivity contribution in [3.8, 4) is 0 Å². The van der Waals surface area contributed by atoms with E-state index in [0.29, 0.717) is 12.1 Å². The van der Waals surface area contributed by atoms with Crippen LogP contribution in [0.3, 0.4) is 0 Å². The molecule has 1 aliphatic carbocycles. The second kappa shape index (κ2) is 7.38. The van der Waals surface area contributed by atoms with E-state index in [1.54, 1.807) is 0 Å². The predicted molar refractivity (Wildman–Crippen MR) is 87.4 cm³/mol. The summed E-state index contributed by atoms with van der Waals surface area (Å²) < 4.78 is 1.15. The Morgan fingerprint density at radius 2 is 2.19 bits per heavy atom. The Morgan fingerprint density at radius 1 is 1.48 bits per heavy atom. The second-order valence-corrected chi connectivity index (χ2v) is 6.61. The Balaban J connectivity index is 1.76. The number of benzene rings is 1. The van der Waals surface area contributed by atoms with E-state index in [0.717, 1.165) is 30.4 Å². The lowest BCUT2D eigenvalue weighted by atomic mass is 9.85. The summed E-state index contributed by atoms with van der Waals surface area (Å²) in [7, 11) is 0. The van der Waals surface area contributed by atoms with Gasteiger partial charge < -0.3 is 10.4 Å². The Morgan fingerprint density at radius 3 is 2.76 bits per heavy atom. The Bertz CT molecular complexity index is 501. The number of hydrogen-bond donors (Lipinski definition) is 2. The molecule has 0 radical (unpaired) electrons. The first-order valence-electron chi connectivity index (χ1n) is 7.43. The number of hydrogen-bond acceptors (Lipinski definition) is 3. The standard InChI is InChI=1S/C16H23BrN2O2/c1-3-19(10-16(20)21)14-7-13(8-14)18-9-12-5-4-11(2)6-15(12)17/h4-6,13-14,18H,3,7-10H2,1-2H3,(H,20,21). The second-order valence-electron chi connectivity index (χ2n) is 5.75. The third-order valence-electron chi connectivity index (χ3n) is 4.16. The van der Waals surface area contributed by atoms with Gasteiger partial charge in [-0.1, -0.05) is 35.0 Å². The first kappa shape index (κ1) is 16.5. The van der Waals surface area contributed by atoms with Crippen molar-refractivity contribution in [1.29, 1.82) is 0 Å². The van der Waals surface area contributed by atoms with Crippen molar-refractivity contribution in [3.63, 3.8) is 0 Å². The molecule has 1 aromatic carbocycles. The number of nitrogens with zero attached hydrogens (tertiary/aromatic N) is 1. The molecule has 0 saturated heterocycles. The van der Waals surface area contributed by atoms with Crippen LogP contribution in [0.1, 0.15) is 30.9 Å². The summed E-state index contributed by atoms with van der Waals surface area (Å²) >= 11 is 3.60. The maximum absolute atomic E-state index is 10.8. The molecule has 0 spiro atoms. The summed E-state index contributed by atoms with van der Waals surface area (Å²) in [6, 6.07) is 7.30. The lowest BCUT2D eigenvalue weighted by Gasteiger charge is -2.42. The minimum absolute atomic E-state index is 0.150. The van der Waals surface area contributed by atoms with Crippen LogP contribution >= 0.6 is 15.9 Å². The molecule has 0 aliphatic heterocycles. The van der Waals surface area contributed by atoms with Gasteiger partial charge in [0.2, 0.25) is 0 Å². The molecule has 116 valence electrons. The summed E-state index contributed by atoms with van der Waals surface area (Å²) in [4.78, 5) is 12.9. The molecule has 1 aliphatic rings. The smallest absolute Gasteiger partial charge is 0.317 e. The summed E-state index contributed by atoms with van der Waals surface area (Å²) in [5.74, 6) is -0.739. The number of carboxylic acids is 1. The number of carbonyl (C=O) groups is 1. The van der Waals surface area contributed by atoms with Crippen LogP contribution < -0.4 is 5.32 Å². The molecular weight excluding hydrogens is 332 g/mol. The van der Waals surface area contributed by atoms with Gasteiger partial charge in [-0.2, -0.15) is 0 Å². The average molecular weight is 355 g/mol. The van der Waals surface area contributed by atoms with Gasteiger partial charge in [-0.3, -0.25) is 9.69 Å². The zero-order chi connectivity index (χ0) is 15.4. The molecule has 2 rings (SSSR count). The molecule has 0 aromatic heterocycles. The molecule has 2 N–H and O–H groups in total. The van der Waals surface area contributed by atoms with Crippen LogP contribution in [0.4, 0.5) is 0 Å². The van der Waals surface area contributed by atoms with Gasteiger partial charge in [-0.15, -0.1) is 0 Å². The predicted octanol–water partition coefficient (Wildman–Crippen LogP) is 2.78. The number of aliphatic carboxylic acids is 1. The van der Waals surface area contributed by atoms with Crippen molar-refractivity contribution in [3.05, 3.63) is 33.8 Å². The van der Waals surface area contributed by atoms with Crippen LogP contribution in [-0.4, -0.2) is 41.1 Å². The minimum atomic E-state index is -0.739. The van der Waals surface area contributed by atoms with E-state index in [2.05, 4.69) is 46.4 Å². The summed E-state index contributed by atoms with van der Waals surface area (Å²) in [5, 5.41) is 12.4. The van der Waals surface area contributed by atoms with Gasteiger partial charge in [0.25, 0.3) is 0 Å². The molecular formula is C16H23BrN2O2. The summed E-state index contributed by atoms with van der Waals surface area (Å²) in [6.45, 7) is 5.90. The lowest BCUT2D eigenvalue weighted by Crippen LogP contribution is -2.53. The van der Waals surface area contributed by atoms with Crippen molar-refractivity contribution in [1.82, 2.24) is 10.2 Å². The van der Waals surface area contributed by atoms with Gasteiger partial charge >= 0.3 is 5.97 Å². The molecule has 1 aromatic rings. The van der Waals surface area contributed by atoms with E-state index in [1.165, 1.54) is 11.1 Å². The number of rotatable bonds is 7. The normalized spacial score (nSPS) is 21.3. The fourth-order valence-corrected chi connectivity index (χ4v) is 3.41. The molecule has 21 heavy (non-hydrogen) atoms. The van der Waals surface area contributed by atoms with Crippen LogP contribution in [-0.2, 0) is 11.3 Å². The third kappa shape index (κ3) is 4.53. The van der Waals surface area contributed by atoms with Crippen molar-refractivity contribution < 1.29 is 9.90 Å². The van der Waals surface area contributed by atoms with Gasteiger partial charge in [-0.05, 0) is 43.5 Å². The molecule has 0 bridgehead atoms. The van der Waals surface area contributed by atoms with Gasteiger partial charge in [0.1, 0.15) is 0 Å². The number of likely N-dealkylation sites (N-methyl/N-ethyl adjacent to an activating group) is 1. The average Bonchev–Trinajstić information content (AvgIpc) is 2.37. The highest BCUT2D eigenvalue weighted by molar-refractivity contribution is 9.10. The largest absolute Gasteiger partial charge is 0.480 e. The topological polar surface area (TPSA) is 52.6 Å². The van der Waals surface area contributed by atoms with Gasteiger partial charge in [0.05, 0.1) is 6.54 Å². The number of halogens is 1. The van der Waals surface area contributed by atoms with Crippen molar-refractivity contribution in [2.45, 2.75) is 45.3 Å². The van der Waals surface area contributed by atoms with Crippen LogP contribution in [0.15, 0.2) is 22.7 Å². The van der Waals surface area contributed by atoms with Gasteiger partial charge in [0, 0.05) is 23.1 Å². The molecule has 0 unspecified atom stereocenters. The zero-order valence-electron chi connectivity index (χ0n) is 12.6. The first-order chi connectivity index (χ1) is 9.99. The van der Waals surface area contributed by atoms with Crippen LogP contribution in [0.2, 0.25) is 0 Å². The number of aryl methyl sites for hydroxylation is 1. The SMILES string of the molecule is CCN(CC(=O)O)C1CC(NCc2ccc(C)cc2Br)C1. The summed E-state index contributed by atoms with van der Waals surface area (Å²) in [6.07, 6.45) is 2.06. The van der Waals surface area contributed by atoms with E-state index in [4.69, 9.17) is 5.11 Å². The quantitative estimate of drug-likeness (QED) is 0.790. The number of carboxylic acid groups (broad SMARTS) is 1. The molecule has 4 nitrogen and oxygen atoms in total. The fourth-order valence-electron chi connectivity index (χ4n) is 2.78. The molecule has 5 heteroatoms. The van der Waals surface area contributed by atoms with E-state index < -0.39 is 5.97 Å². The van der Waals surface area contributed by atoms with Crippen LogP contribution in [0.5, 0.6) is 0 Å². The molecule has 1 saturated carbocycles. The summed E-state index contributed by atoms with van der Waals surface area (Å²) in [5.41, 5.74) is 2.52. The van der Waals surface area contributed by atoms with Crippen molar-refractivity contribution in [2.24, 2.45) is 0 Å². The van der Waals surface area contributed by atoms with E-state index in [-0.39, 0.29) is 6.54 Å². The maximum atomic E-state index is 10.8. The Hall–Kier alpha value is -0.910. The van der Waals surface area contributed by atoms with E-state index >= 15 is 0 Å². The van der Waals surface area contributed by atoms with E-state index in [1.807, 2.05) is 11.8 Å². The third-order valence-corrected chi connectivity index (χ3v) is 4.90. The highest BCUT2D eigenvalue weighted by Gasteiger charge is 2.33. The van der Waals surface area contributed by atoms with Crippen LogP contribution in [0.25, 0.3) is 0 Å². The van der Waals surface area contributed by atoms with E-state index in [9.17, 15) is 4.79 Å². The monoisotopic (exact) mass is 354 g/mol. The fraction of sp³-hybridized carbons (Fsp3) is 0.562. The minimum Gasteiger partial charge on any atom is -0.480 e.